The van der Waals surface area contributed by atoms with Gasteiger partial charge in [-0.15, -0.1) is 0 Å². The normalized spacial score (nSPS) is 19.9. The molecule has 0 spiro atoms. The van der Waals surface area contributed by atoms with Crippen molar-refractivity contribution in [3.05, 3.63) is 48.5 Å². The summed E-state index contributed by atoms with van der Waals surface area (Å²) in [6.07, 6.45) is 16.4. The third-order valence-electron chi connectivity index (χ3n) is 10.3. The molecular formula is C46H71N6O13P. The van der Waals surface area contributed by atoms with E-state index < -0.39 is 93.1 Å². The van der Waals surface area contributed by atoms with Gasteiger partial charge in [0.2, 0.25) is 12.4 Å². The molecule has 20 heteroatoms. The van der Waals surface area contributed by atoms with E-state index >= 15 is 0 Å². The average molecular weight is 947 g/mol. The van der Waals surface area contributed by atoms with Gasteiger partial charge < -0.3 is 34.2 Å². The van der Waals surface area contributed by atoms with Crippen LogP contribution in [0.15, 0.2) is 42.8 Å². The first-order valence-corrected chi connectivity index (χ1v) is 24.6. The first-order valence-electron chi connectivity index (χ1n) is 23.0. The van der Waals surface area contributed by atoms with E-state index in [1.165, 1.54) is 42.8 Å². The number of allylic oxidation sites excluding steroid dienone is 4. The van der Waals surface area contributed by atoms with Gasteiger partial charge in [0.15, 0.2) is 18.0 Å². The lowest BCUT2D eigenvalue weighted by molar-refractivity contribution is -0.173. The highest BCUT2D eigenvalue weighted by molar-refractivity contribution is 7.51. The van der Waals surface area contributed by atoms with Crippen LogP contribution in [0.25, 0.3) is 5.52 Å². The van der Waals surface area contributed by atoms with Crippen molar-refractivity contribution in [1.82, 2.24) is 19.7 Å². The van der Waals surface area contributed by atoms with Gasteiger partial charge in [0.1, 0.15) is 30.1 Å². The van der Waals surface area contributed by atoms with Crippen LogP contribution in [0.5, 0.6) is 0 Å². The number of aromatic nitrogens is 3. The SMILES string of the molecule is CCCCC/C=C\C/C=C\CCCCCCCCOC(=O)[C@H](C)NP(=O)(OCOC(=O)OC(C)C)OC[C@H]1O[C@@](C#N)(c2ccc3c(N)ncnn23)[C@H](OC(=O)C(C)C)[C@@H]1OC(=O)C(C)C. The molecule has 1 aliphatic heterocycles. The fourth-order valence-corrected chi connectivity index (χ4v) is 8.00. The van der Waals surface area contributed by atoms with E-state index in [9.17, 15) is 29.0 Å². The molecule has 1 fully saturated rings. The first kappa shape index (κ1) is 55.5. The van der Waals surface area contributed by atoms with E-state index in [0.717, 1.165) is 57.7 Å². The number of anilines is 1. The second-order valence-corrected chi connectivity index (χ2v) is 18.7. The van der Waals surface area contributed by atoms with Gasteiger partial charge in [-0.1, -0.05) is 97.4 Å². The fourth-order valence-electron chi connectivity index (χ4n) is 6.67. The van der Waals surface area contributed by atoms with Crippen molar-refractivity contribution in [3.8, 4) is 6.07 Å². The Kier molecular flexibility index (Phi) is 23.8. The maximum absolute atomic E-state index is 14.4. The molecule has 1 saturated heterocycles. The number of nitrogens with zero attached hydrogens (tertiary/aromatic N) is 4. The second kappa shape index (κ2) is 28.3. The number of carbonyl (C=O) groups is 4. The monoisotopic (exact) mass is 946 g/mol. The second-order valence-electron chi connectivity index (χ2n) is 16.9. The summed E-state index contributed by atoms with van der Waals surface area (Å²) in [6.45, 7) is 11.5. The molecule has 0 radical (unpaired) electrons. The van der Waals surface area contributed by atoms with Crippen molar-refractivity contribution in [2.45, 2.75) is 168 Å². The molecule has 3 heterocycles. The zero-order chi connectivity index (χ0) is 48.7. The van der Waals surface area contributed by atoms with Gasteiger partial charge in [0, 0.05) is 0 Å². The molecule has 2 aromatic rings. The van der Waals surface area contributed by atoms with Crippen molar-refractivity contribution in [2.75, 3.05) is 25.7 Å². The van der Waals surface area contributed by atoms with Gasteiger partial charge in [-0.05, 0) is 71.4 Å². The van der Waals surface area contributed by atoms with Gasteiger partial charge in [0.25, 0.3) is 0 Å². The number of carbonyl (C=O) groups excluding carboxylic acids is 4. The van der Waals surface area contributed by atoms with E-state index in [2.05, 4.69) is 52.5 Å². The Morgan fingerprint density at radius 1 is 0.879 bits per heavy atom. The Bertz CT molecular complexity index is 2000. The van der Waals surface area contributed by atoms with Crippen LogP contribution in [0, 0.1) is 23.2 Å². The molecule has 6 atom stereocenters. The quantitative estimate of drug-likeness (QED) is 0.0186. The summed E-state index contributed by atoms with van der Waals surface area (Å²) < 4.78 is 60.5. The molecule has 0 saturated carbocycles. The molecule has 2 aromatic heterocycles. The summed E-state index contributed by atoms with van der Waals surface area (Å²) in [5.41, 5.74) is 4.19. The third-order valence-corrected chi connectivity index (χ3v) is 11.9. The number of unbranched alkanes of at least 4 members (excludes halogenated alkanes) is 9. The number of hydrogen-bond acceptors (Lipinski definition) is 17. The van der Waals surface area contributed by atoms with Crippen molar-refractivity contribution < 1.29 is 61.2 Å². The van der Waals surface area contributed by atoms with Crippen LogP contribution in [0.2, 0.25) is 0 Å². The number of nitrogens with one attached hydrogen (secondary N) is 1. The number of nitriles is 1. The number of nitrogens with two attached hydrogens (primary N) is 1. The molecule has 3 N–H and O–H groups in total. The van der Waals surface area contributed by atoms with Crippen molar-refractivity contribution in [1.29, 1.82) is 5.26 Å². The van der Waals surface area contributed by atoms with Crippen LogP contribution in [0.4, 0.5) is 10.6 Å². The molecule has 66 heavy (non-hydrogen) atoms. The van der Waals surface area contributed by atoms with Crippen LogP contribution >= 0.6 is 7.75 Å². The van der Waals surface area contributed by atoms with Crippen LogP contribution in [0.3, 0.4) is 0 Å². The lowest BCUT2D eigenvalue weighted by Gasteiger charge is -2.29. The van der Waals surface area contributed by atoms with Gasteiger partial charge in [-0.2, -0.15) is 10.4 Å². The molecule has 0 amide bonds. The lowest BCUT2D eigenvalue weighted by atomic mass is 9.92. The van der Waals surface area contributed by atoms with E-state index in [4.69, 9.17) is 43.2 Å². The Labute approximate surface area is 389 Å². The highest BCUT2D eigenvalue weighted by atomic mass is 31.2. The average Bonchev–Trinajstić information content (AvgIpc) is 3.83. The maximum atomic E-state index is 14.4. The Balaban J connectivity index is 1.72. The van der Waals surface area contributed by atoms with E-state index in [0.29, 0.717) is 11.9 Å². The summed E-state index contributed by atoms with van der Waals surface area (Å²) in [5.74, 6) is -3.58. The molecule has 19 nitrogen and oxygen atoms in total. The summed E-state index contributed by atoms with van der Waals surface area (Å²) in [7, 11) is -4.69. The first-order chi connectivity index (χ1) is 31.5. The minimum Gasteiger partial charge on any atom is -0.465 e. The zero-order valence-electron chi connectivity index (χ0n) is 39.8. The molecule has 1 unspecified atom stereocenters. The molecule has 0 aliphatic carbocycles. The molecule has 0 aromatic carbocycles. The molecule has 3 rings (SSSR count). The van der Waals surface area contributed by atoms with Gasteiger partial charge >= 0.3 is 31.8 Å². The molecular weight excluding hydrogens is 876 g/mol. The number of ether oxygens (including phenoxy) is 6. The van der Waals surface area contributed by atoms with E-state index in [1.54, 1.807) is 41.5 Å². The summed E-state index contributed by atoms with van der Waals surface area (Å²) >= 11 is 0. The Hall–Kier alpha value is -4.86. The maximum Gasteiger partial charge on any atom is 0.510 e. The Morgan fingerprint density at radius 3 is 2.15 bits per heavy atom. The minimum absolute atomic E-state index is 0.0366. The number of nitrogen functional groups attached to an aromatic ring is 1. The summed E-state index contributed by atoms with van der Waals surface area (Å²) in [6, 6.07) is 3.81. The van der Waals surface area contributed by atoms with Gasteiger partial charge in [0.05, 0.1) is 36.8 Å². The molecule has 1 aliphatic rings. The van der Waals surface area contributed by atoms with Crippen molar-refractivity contribution in [2.24, 2.45) is 11.8 Å². The summed E-state index contributed by atoms with van der Waals surface area (Å²) in [5, 5.41) is 17.7. The lowest BCUT2D eigenvalue weighted by Crippen LogP contribution is -2.47. The molecule has 0 bridgehead atoms. The highest BCUT2D eigenvalue weighted by Crippen LogP contribution is 2.48. The topological polar surface area (TPSA) is 251 Å². The van der Waals surface area contributed by atoms with Crippen molar-refractivity contribution in [3.63, 3.8) is 0 Å². The smallest absolute Gasteiger partial charge is 0.465 e. The van der Waals surface area contributed by atoms with E-state index in [1.807, 2.05) is 0 Å². The molecule has 368 valence electrons. The largest absolute Gasteiger partial charge is 0.510 e. The predicted molar refractivity (Wildman–Crippen MR) is 244 cm³/mol. The van der Waals surface area contributed by atoms with Crippen LogP contribution < -0.4 is 10.8 Å². The minimum atomic E-state index is -4.69. The van der Waals surface area contributed by atoms with Gasteiger partial charge in [-0.3, -0.25) is 23.4 Å². The fraction of sp³-hybridized carbons (Fsp3) is 0.674. The predicted octanol–water partition coefficient (Wildman–Crippen LogP) is 8.56. The zero-order valence-corrected chi connectivity index (χ0v) is 40.7. The van der Waals surface area contributed by atoms with Crippen LogP contribution in [-0.4, -0.2) is 89.1 Å². The summed E-state index contributed by atoms with van der Waals surface area (Å²) in [4.78, 5) is 55.8. The van der Waals surface area contributed by atoms with E-state index in [-0.39, 0.29) is 18.1 Å². The number of rotatable bonds is 30. The highest BCUT2D eigenvalue weighted by Gasteiger charge is 2.63. The third kappa shape index (κ3) is 17.4. The number of hydrogen-bond donors (Lipinski definition) is 2. The Morgan fingerprint density at radius 2 is 1.52 bits per heavy atom. The van der Waals surface area contributed by atoms with Crippen LogP contribution in [-0.2, 0) is 62.0 Å². The number of fused-ring (bicyclic) bond motifs is 1. The standard InChI is InChI=1S/C46H71N6O13P/c1-9-10-11-12-13-14-15-16-17-18-19-20-21-22-23-24-27-58-44(55)35(8)51-66(57,61-31-59-45(56)62-34(6)7)60-28-37-39(63-42(53)32(2)3)40(64-43(54)33(4)5)46(29-47,65-37)38-26-25-36-41(48)49-30-50-52(36)38/h13-14,16-17,25-26,30,32-35,37,39-40H,9-12,15,18-24,27-28,31H2,1-8H3,(H,51,57)(H2,48,49,50)/b14-13-,17-16-/t35-,37+,39+,40+,46-,66?/m0/s1. The van der Waals surface area contributed by atoms with Crippen molar-refractivity contribution >= 4 is 43.1 Å². The van der Waals surface area contributed by atoms with Crippen LogP contribution in [0.1, 0.15) is 138 Å². The number of esters is 3. The van der Waals surface area contributed by atoms with Gasteiger partial charge in [-0.25, -0.2) is 23.9 Å².